The Bertz CT molecular complexity index is 818. The summed E-state index contributed by atoms with van der Waals surface area (Å²) in [5, 5.41) is 10.9. The maximum absolute atomic E-state index is 12.4. The van der Waals surface area contributed by atoms with Crippen LogP contribution in [0.1, 0.15) is 34.7 Å². The molecule has 6 nitrogen and oxygen atoms in total. The van der Waals surface area contributed by atoms with Crippen molar-refractivity contribution in [3.63, 3.8) is 0 Å². The SMILES string of the molecule is O=C(Nc1ccn2nccc2c1)c1noc2c1CCCC2. The molecular formula is C15H14N4O2. The molecule has 0 fully saturated rings. The largest absolute Gasteiger partial charge is 0.360 e. The zero-order valence-electron chi connectivity index (χ0n) is 11.4. The van der Waals surface area contributed by atoms with Crippen molar-refractivity contribution < 1.29 is 9.32 Å². The van der Waals surface area contributed by atoms with Crippen LogP contribution in [-0.2, 0) is 12.8 Å². The Kier molecular flexibility index (Phi) is 2.73. The van der Waals surface area contributed by atoms with E-state index in [9.17, 15) is 4.79 Å². The predicted octanol–water partition coefficient (Wildman–Crippen LogP) is 2.45. The molecule has 4 rings (SSSR count). The average molecular weight is 282 g/mol. The molecule has 6 heteroatoms. The summed E-state index contributed by atoms with van der Waals surface area (Å²) in [5.74, 6) is 0.642. The number of aromatic nitrogens is 3. The van der Waals surface area contributed by atoms with Gasteiger partial charge < -0.3 is 9.84 Å². The van der Waals surface area contributed by atoms with Crippen molar-refractivity contribution in [2.75, 3.05) is 5.32 Å². The number of aryl methyl sites for hydroxylation is 1. The van der Waals surface area contributed by atoms with Crippen LogP contribution >= 0.6 is 0 Å². The first kappa shape index (κ1) is 12.1. The number of hydrogen-bond donors (Lipinski definition) is 1. The second-order valence-electron chi connectivity index (χ2n) is 5.21. The van der Waals surface area contributed by atoms with E-state index in [1.807, 2.05) is 24.4 Å². The monoisotopic (exact) mass is 282 g/mol. The highest BCUT2D eigenvalue weighted by atomic mass is 16.5. The van der Waals surface area contributed by atoms with Gasteiger partial charge in [-0.3, -0.25) is 4.79 Å². The van der Waals surface area contributed by atoms with Gasteiger partial charge in [0, 0.05) is 30.1 Å². The van der Waals surface area contributed by atoms with Gasteiger partial charge in [-0.15, -0.1) is 0 Å². The standard InChI is InChI=1S/C15H14N4O2/c20-15(14-12-3-1-2-4-13(12)21-18-14)17-10-6-8-19-11(9-10)5-7-16-19/h5-9H,1-4H2,(H,17,20). The predicted molar refractivity (Wildman–Crippen MR) is 76.3 cm³/mol. The van der Waals surface area contributed by atoms with Gasteiger partial charge in [0.15, 0.2) is 5.69 Å². The summed E-state index contributed by atoms with van der Waals surface area (Å²) in [5.41, 5.74) is 3.03. The number of anilines is 1. The van der Waals surface area contributed by atoms with Crippen LogP contribution in [0.3, 0.4) is 0 Å². The molecule has 0 radical (unpaired) electrons. The highest BCUT2D eigenvalue weighted by Crippen LogP contribution is 2.25. The maximum atomic E-state index is 12.4. The number of carbonyl (C=O) groups excluding carboxylic acids is 1. The third-order valence-electron chi connectivity index (χ3n) is 3.82. The fraction of sp³-hybridized carbons (Fsp3) is 0.267. The zero-order valence-corrected chi connectivity index (χ0v) is 11.4. The minimum Gasteiger partial charge on any atom is -0.360 e. The second kappa shape index (κ2) is 4.73. The van der Waals surface area contributed by atoms with Gasteiger partial charge in [0.1, 0.15) is 5.76 Å². The van der Waals surface area contributed by atoms with Gasteiger partial charge in [-0.2, -0.15) is 5.10 Å². The molecule has 3 heterocycles. The molecule has 0 atom stereocenters. The molecule has 0 spiro atoms. The number of fused-ring (bicyclic) bond motifs is 2. The number of carbonyl (C=O) groups is 1. The minimum absolute atomic E-state index is 0.217. The summed E-state index contributed by atoms with van der Waals surface area (Å²) in [6.07, 6.45) is 7.44. The normalized spacial score (nSPS) is 14.1. The Labute approximate surface area is 120 Å². The van der Waals surface area contributed by atoms with E-state index < -0.39 is 0 Å². The third-order valence-corrected chi connectivity index (χ3v) is 3.82. The van der Waals surface area contributed by atoms with E-state index in [-0.39, 0.29) is 5.91 Å². The Morgan fingerprint density at radius 3 is 3.14 bits per heavy atom. The van der Waals surface area contributed by atoms with Crippen LogP contribution in [0.25, 0.3) is 5.52 Å². The summed E-state index contributed by atoms with van der Waals surface area (Å²) in [4.78, 5) is 12.4. The van der Waals surface area contributed by atoms with Crippen molar-refractivity contribution in [3.8, 4) is 0 Å². The Morgan fingerprint density at radius 2 is 2.19 bits per heavy atom. The molecule has 0 unspecified atom stereocenters. The fourth-order valence-corrected chi connectivity index (χ4v) is 2.75. The van der Waals surface area contributed by atoms with Crippen molar-refractivity contribution in [1.82, 2.24) is 14.8 Å². The van der Waals surface area contributed by atoms with Gasteiger partial charge in [0.05, 0.1) is 5.52 Å². The lowest BCUT2D eigenvalue weighted by Gasteiger charge is -2.09. The molecule has 1 aliphatic rings. The van der Waals surface area contributed by atoms with Crippen LogP contribution in [0.2, 0.25) is 0 Å². The van der Waals surface area contributed by atoms with Crippen LogP contribution in [-0.4, -0.2) is 20.7 Å². The number of hydrogen-bond acceptors (Lipinski definition) is 4. The van der Waals surface area contributed by atoms with Gasteiger partial charge in [0.2, 0.25) is 0 Å². The van der Waals surface area contributed by atoms with Crippen LogP contribution in [0.4, 0.5) is 5.69 Å². The van der Waals surface area contributed by atoms with Crippen LogP contribution < -0.4 is 5.32 Å². The Balaban J connectivity index is 1.61. The van der Waals surface area contributed by atoms with Gasteiger partial charge >= 0.3 is 0 Å². The zero-order chi connectivity index (χ0) is 14.2. The number of rotatable bonds is 2. The molecule has 0 aromatic carbocycles. The topological polar surface area (TPSA) is 72.4 Å². The molecule has 1 N–H and O–H groups in total. The Morgan fingerprint density at radius 1 is 1.29 bits per heavy atom. The lowest BCUT2D eigenvalue weighted by atomic mass is 9.96. The molecule has 21 heavy (non-hydrogen) atoms. The summed E-state index contributed by atoms with van der Waals surface area (Å²) in [7, 11) is 0. The van der Waals surface area contributed by atoms with E-state index >= 15 is 0 Å². The van der Waals surface area contributed by atoms with E-state index in [1.165, 1.54) is 0 Å². The highest BCUT2D eigenvalue weighted by Gasteiger charge is 2.23. The number of amides is 1. The number of nitrogens with zero attached hydrogens (tertiary/aromatic N) is 3. The third kappa shape index (κ3) is 2.08. The molecule has 1 amide bonds. The van der Waals surface area contributed by atoms with E-state index in [0.29, 0.717) is 5.69 Å². The van der Waals surface area contributed by atoms with Crippen LogP contribution in [0.5, 0.6) is 0 Å². The molecule has 0 bridgehead atoms. The molecule has 3 aromatic heterocycles. The maximum Gasteiger partial charge on any atom is 0.278 e. The minimum atomic E-state index is -0.217. The van der Waals surface area contributed by atoms with Crippen molar-refractivity contribution in [1.29, 1.82) is 0 Å². The van der Waals surface area contributed by atoms with E-state index in [0.717, 1.165) is 48.2 Å². The molecular weight excluding hydrogens is 268 g/mol. The first-order chi connectivity index (χ1) is 10.3. The second-order valence-corrected chi connectivity index (χ2v) is 5.21. The first-order valence-electron chi connectivity index (χ1n) is 7.03. The van der Waals surface area contributed by atoms with Gasteiger partial charge in [-0.1, -0.05) is 5.16 Å². The quantitative estimate of drug-likeness (QED) is 0.783. The lowest BCUT2D eigenvalue weighted by molar-refractivity contribution is 0.101. The fourth-order valence-electron chi connectivity index (χ4n) is 2.75. The lowest BCUT2D eigenvalue weighted by Crippen LogP contribution is -2.15. The molecule has 3 aromatic rings. The highest BCUT2D eigenvalue weighted by molar-refractivity contribution is 6.04. The van der Waals surface area contributed by atoms with Gasteiger partial charge in [-0.05, 0) is 37.5 Å². The first-order valence-corrected chi connectivity index (χ1v) is 7.03. The van der Waals surface area contributed by atoms with Crippen LogP contribution in [0, 0.1) is 0 Å². The van der Waals surface area contributed by atoms with Crippen molar-refractivity contribution in [3.05, 3.63) is 47.6 Å². The van der Waals surface area contributed by atoms with Crippen molar-refractivity contribution in [2.45, 2.75) is 25.7 Å². The Hall–Kier alpha value is -2.63. The summed E-state index contributed by atoms with van der Waals surface area (Å²) in [6.45, 7) is 0. The summed E-state index contributed by atoms with van der Waals surface area (Å²) >= 11 is 0. The van der Waals surface area contributed by atoms with E-state index in [1.54, 1.807) is 10.7 Å². The molecule has 0 saturated heterocycles. The number of nitrogens with one attached hydrogen (secondary N) is 1. The smallest absolute Gasteiger partial charge is 0.278 e. The van der Waals surface area contributed by atoms with Crippen molar-refractivity contribution in [2.24, 2.45) is 0 Å². The van der Waals surface area contributed by atoms with Gasteiger partial charge in [0.25, 0.3) is 5.91 Å². The van der Waals surface area contributed by atoms with E-state index in [4.69, 9.17) is 4.52 Å². The average Bonchev–Trinajstić information content (AvgIpc) is 3.13. The van der Waals surface area contributed by atoms with E-state index in [2.05, 4.69) is 15.6 Å². The summed E-state index contributed by atoms with van der Waals surface area (Å²) in [6, 6.07) is 5.56. The summed E-state index contributed by atoms with van der Waals surface area (Å²) < 4.78 is 7.02. The van der Waals surface area contributed by atoms with Crippen LogP contribution in [0.15, 0.2) is 35.1 Å². The molecule has 1 aliphatic carbocycles. The van der Waals surface area contributed by atoms with Gasteiger partial charge in [-0.25, -0.2) is 4.52 Å². The molecule has 0 saturated carbocycles. The molecule has 0 aliphatic heterocycles. The molecule has 106 valence electrons. The number of pyridine rings is 1. The van der Waals surface area contributed by atoms with Crippen molar-refractivity contribution >= 4 is 17.1 Å².